The molecule has 0 fully saturated rings. The van der Waals surface area contributed by atoms with Gasteiger partial charge in [-0.2, -0.15) is 0 Å². The summed E-state index contributed by atoms with van der Waals surface area (Å²) in [6.07, 6.45) is 3.32. The average Bonchev–Trinajstić information content (AvgIpc) is 2.56. The first kappa shape index (κ1) is 19.1. The van der Waals surface area contributed by atoms with Gasteiger partial charge in [0.2, 0.25) is 10.0 Å². The highest BCUT2D eigenvalue weighted by molar-refractivity contribution is 7.89. The quantitative estimate of drug-likeness (QED) is 0.605. The summed E-state index contributed by atoms with van der Waals surface area (Å²) in [6.45, 7) is 6.11. The van der Waals surface area contributed by atoms with Crippen LogP contribution in [0.15, 0.2) is 47.4 Å². The maximum atomic E-state index is 12.3. The van der Waals surface area contributed by atoms with Crippen LogP contribution in [0.25, 0.3) is 6.08 Å². The van der Waals surface area contributed by atoms with Gasteiger partial charge in [0.25, 0.3) is 0 Å². The highest BCUT2D eigenvalue weighted by Gasteiger charge is 2.17. The summed E-state index contributed by atoms with van der Waals surface area (Å²) in [6, 6.07) is 10.1. The standard InChI is InChI=1S/C20H23NO3S/c1-14-12-16(3)18(13-15(14)2)8-11-20(22)17-6-9-19(10-7-17)25(23,24)21(4)5/h6-13H,1-5H3/b11-8+. The van der Waals surface area contributed by atoms with Gasteiger partial charge in [-0.15, -0.1) is 0 Å². The fraction of sp³-hybridized carbons (Fsp3) is 0.250. The van der Waals surface area contributed by atoms with E-state index in [0.717, 1.165) is 15.4 Å². The monoisotopic (exact) mass is 357 g/mol. The molecule has 0 saturated carbocycles. The summed E-state index contributed by atoms with van der Waals surface area (Å²) < 4.78 is 25.2. The van der Waals surface area contributed by atoms with Crippen molar-refractivity contribution in [3.63, 3.8) is 0 Å². The Labute approximate surface area is 149 Å². The molecular formula is C20H23NO3S. The second-order valence-electron chi connectivity index (χ2n) is 6.30. The summed E-state index contributed by atoms with van der Waals surface area (Å²) in [7, 11) is -0.535. The molecular weight excluding hydrogens is 334 g/mol. The van der Waals surface area contributed by atoms with Gasteiger partial charge in [-0.05, 0) is 73.4 Å². The Hall–Kier alpha value is -2.24. The zero-order chi connectivity index (χ0) is 18.8. The first-order valence-electron chi connectivity index (χ1n) is 7.96. The number of rotatable bonds is 5. The van der Waals surface area contributed by atoms with Crippen LogP contribution in [0.4, 0.5) is 0 Å². The highest BCUT2D eigenvalue weighted by atomic mass is 32.2. The molecule has 0 heterocycles. The van der Waals surface area contributed by atoms with E-state index in [1.165, 1.54) is 55.6 Å². The summed E-state index contributed by atoms with van der Waals surface area (Å²) in [4.78, 5) is 12.5. The van der Waals surface area contributed by atoms with Crippen molar-refractivity contribution in [1.82, 2.24) is 4.31 Å². The van der Waals surface area contributed by atoms with Gasteiger partial charge in [-0.3, -0.25) is 4.79 Å². The number of ketones is 1. The van der Waals surface area contributed by atoms with Crippen LogP contribution in [0.2, 0.25) is 0 Å². The molecule has 2 rings (SSSR count). The molecule has 0 radical (unpaired) electrons. The Morgan fingerprint density at radius 3 is 2.04 bits per heavy atom. The van der Waals surface area contributed by atoms with E-state index in [2.05, 4.69) is 19.1 Å². The number of hydrogen-bond donors (Lipinski definition) is 0. The zero-order valence-electron chi connectivity index (χ0n) is 15.2. The van der Waals surface area contributed by atoms with Gasteiger partial charge < -0.3 is 0 Å². The molecule has 132 valence electrons. The molecule has 0 aliphatic carbocycles. The van der Waals surface area contributed by atoms with Crippen LogP contribution in [0.1, 0.15) is 32.6 Å². The fourth-order valence-corrected chi connectivity index (χ4v) is 3.33. The Morgan fingerprint density at radius 1 is 0.920 bits per heavy atom. The van der Waals surface area contributed by atoms with E-state index in [-0.39, 0.29) is 10.7 Å². The highest BCUT2D eigenvalue weighted by Crippen LogP contribution is 2.18. The van der Waals surface area contributed by atoms with Crippen LogP contribution < -0.4 is 0 Å². The Bertz CT molecular complexity index is 924. The van der Waals surface area contributed by atoms with Crippen LogP contribution >= 0.6 is 0 Å². The molecule has 0 atom stereocenters. The van der Waals surface area contributed by atoms with Crippen molar-refractivity contribution >= 4 is 21.9 Å². The Kier molecular flexibility index (Phi) is 5.60. The molecule has 2 aromatic carbocycles. The number of hydrogen-bond acceptors (Lipinski definition) is 3. The largest absolute Gasteiger partial charge is 0.289 e. The molecule has 0 bridgehead atoms. The van der Waals surface area contributed by atoms with E-state index >= 15 is 0 Å². The lowest BCUT2D eigenvalue weighted by Gasteiger charge is -2.11. The maximum absolute atomic E-state index is 12.3. The van der Waals surface area contributed by atoms with Gasteiger partial charge in [0.15, 0.2) is 5.78 Å². The minimum atomic E-state index is -3.49. The number of aryl methyl sites for hydroxylation is 3. The van der Waals surface area contributed by atoms with Crippen molar-refractivity contribution in [1.29, 1.82) is 0 Å². The topological polar surface area (TPSA) is 54.5 Å². The van der Waals surface area contributed by atoms with Crippen molar-refractivity contribution in [2.45, 2.75) is 25.7 Å². The van der Waals surface area contributed by atoms with Crippen molar-refractivity contribution in [2.75, 3.05) is 14.1 Å². The molecule has 25 heavy (non-hydrogen) atoms. The molecule has 0 amide bonds. The number of sulfonamides is 1. The van der Waals surface area contributed by atoms with Gasteiger partial charge in [-0.1, -0.05) is 18.2 Å². The van der Waals surface area contributed by atoms with E-state index in [9.17, 15) is 13.2 Å². The van der Waals surface area contributed by atoms with Crippen LogP contribution in [0.3, 0.4) is 0 Å². The summed E-state index contributed by atoms with van der Waals surface area (Å²) in [5.41, 5.74) is 4.97. The summed E-state index contributed by atoms with van der Waals surface area (Å²) in [5, 5.41) is 0. The molecule has 0 N–H and O–H groups in total. The van der Waals surface area contributed by atoms with E-state index < -0.39 is 10.0 Å². The lowest BCUT2D eigenvalue weighted by atomic mass is 10.00. The molecule has 5 heteroatoms. The molecule has 2 aromatic rings. The van der Waals surface area contributed by atoms with Gasteiger partial charge in [0.05, 0.1) is 4.90 Å². The zero-order valence-corrected chi connectivity index (χ0v) is 16.0. The maximum Gasteiger partial charge on any atom is 0.242 e. The number of allylic oxidation sites excluding steroid dienone is 1. The molecule has 0 spiro atoms. The smallest absolute Gasteiger partial charge is 0.242 e. The SMILES string of the molecule is Cc1cc(C)c(/C=C/C(=O)c2ccc(S(=O)(=O)N(C)C)cc2)cc1C. The Balaban J connectivity index is 2.23. The third-order valence-corrected chi connectivity index (χ3v) is 6.04. The number of carbonyl (C=O) groups is 1. The summed E-state index contributed by atoms with van der Waals surface area (Å²) in [5.74, 6) is -0.161. The molecule has 0 aromatic heterocycles. The Morgan fingerprint density at radius 2 is 1.48 bits per heavy atom. The first-order valence-corrected chi connectivity index (χ1v) is 9.40. The number of benzene rings is 2. The normalized spacial score (nSPS) is 12.1. The van der Waals surface area contributed by atoms with Crippen molar-refractivity contribution < 1.29 is 13.2 Å². The van der Waals surface area contributed by atoms with Crippen LogP contribution in [-0.4, -0.2) is 32.6 Å². The fourth-order valence-electron chi connectivity index (χ4n) is 2.43. The van der Waals surface area contributed by atoms with Crippen LogP contribution in [0.5, 0.6) is 0 Å². The van der Waals surface area contributed by atoms with Gasteiger partial charge >= 0.3 is 0 Å². The number of nitrogens with zero attached hydrogens (tertiary/aromatic N) is 1. The van der Waals surface area contributed by atoms with E-state index in [1.54, 1.807) is 6.08 Å². The van der Waals surface area contributed by atoms with Crippen molar-refractivity contribution in [2.24, 2.45) is 0 Å². The average molecular weight is 357 g/mol. The van der Waals surface area contributed by atoms with Gasteiger partial charge in [-0.25, -0.2) is 12.7 Å². The first-order chi connectivity index (χ1) is 11.6. The van der Waals surface area contributed by atoms with Crippen molar-refractivity contribution in [3.05, 3.63) is 70.3 Å². The molecule has 0 aliphatic heterocycles. The molecule has 0 saturated heterocycles. The second-order valence-corrected chi connectivity index (χ2v) is 8.45. The molecule has 4 nitrogen and oxygen atoms in total. The third-order valence-electron chi connectivity index (χ3n) is 4.21. The second kappa shape index (κ2) is 7.33. The molecule has 0 unspecified atom stereocenters. The number of carbonyl (C=O) groups excluding carboxylic acids is 1. The minimum Gasteiger partial charge on any atom is -0.289 e. The minimum absolute atomic E-state index is 0.161. The van der Waals surface area contributed by atoms with Crippen LogP contribution in [0, 0.1) is 20.8 Å². The van der Waals surface area contributed by atoms with Crippen LogP contribution in [-0.2, 0) is 10.0 Å². The third kappa shape index (κ3) is 4.24. The predicted octanol–water partition coefficient (Wildman–Crippen LogP) is 3.76. The van der Waals surface area contributed by atoms with Gasteiger partial charge in [0.1, 0.15) is 0 Å². The lowest BCUT2D eigenvalue weighted by molar-refractivity contribution is 0.104. The van der Waals surface area contributed by atoms with Gasteiger partial charge in [0, 0.05) is 19.7 Å². The molecule has 0 aliphatic rings. The predicted molar refractivity (Wildman–Crippen MR) is 101 cm³/mol. The van der Waals surface area contributed by atoms with E-state index in [0.29, 0.717) is 5.56 Å². The summed E-state index contributed by atoms with van der Waals surface area (Å²) >= 11 is 0. The van der Waals surface area contributed by atoms with E-state index in [4.69, 9.17) is 0 Å². The van der Waals surface area contributed by atoms with E-state index in [1.807, 2.05) is 13.8 Å². The lowest BCUT2D eigenvalue weighted by Crippen LogP contribution is -2.22. The van der Waals surface area contributed by atoms with Crippen molar-refractivity contribution in [3.8, 4) is 0 Å².